The van der Waals surface area contributed by atoms with E-state index in [9.17, 15) is 4.79 Å². The molecule has 0 aromatic carbocycles. The number of aromatic nitrogens is 2. The zero-order chi connectivity index (χ0) is 11.1. The lowest BCUT2D eigenvalue weighted by atomic mass is 9.79. The molecule has 5 heteroatoms. The van der Waals surface area contributed by atoms with Crippen LogP contribution in [0.25, 0.3) is 0 Å². The van der Waals surface area contributed by atoms with E-state index in [0.29, 0.717) is 6.54 Å². The van der Waals surface area contributed by atoms with E-state index >= 15 is 0 Å². The lowest BCUT2D eigenvalue weighted by Gasteiger charge is -2.26. The van der Waals surface area contributed by atoms with E-state index in [1.807, 2.05) is 6.92 Å². The van der Waals surface area contributed by atoms with Crippen LogP contribution in [0.5, 0.6) is 0 Å². The van der Waals surface area contributed by atoms with Gasteiger partial charge in [0, 0.05) is 23.2 Å². The molecule has 0 saturated carbocycles. The minimum atomic E-state index is -0.797. The van der Waals surface area contributed by atoms with Crippen molar-refractivity contribution in [2.45, 2.75) is 31.6 Å². The Morgan fingerprint density at radius 2 is 2.47 bits per heavy atom. The maximum Gasteiger partial charge on any atom is 0.304 e. The molecule has 1 aliphatic carbocycles. The Hall–Kier alpha value is -1.36. The highest BCUT2D eigenvalue weighted by molar-refractivity contribution is 5.70. The normalized spacial score (nSPS) is 24.1. The van der Waals surface area contributed by atoms with E-state index in [0.717, 1.165) is 29.8 Å². The number of nitrogens with two attached hydrogens (primary N) is 1. The Balaban J connectivity index is 2.44. The molecule has 1 heterocycles. The molecule has 0 amide bonds. The van der Waals surface area contributed by atoms with Crippen LogP contribution < -0.4 is 5.73 Å². The number of aliphatic carboxylic acids is 1. The monoisotopic (exact) mass is 209 g/mol. The number of aryl methyl sites for hydroxylation is 2. The van der Waals surface area contributed by atoms with E-state index in [1.54, 1.807) is 0 Å². The summed E-state index contributed by atoms with van der Waals surface area (Å²) in [6.07, 6.45) is 1.71. The highest BCUT2D eigenvalue weighted by Gasteiger charge is 2.42. The van der Waals surface area contributed by atoms with Crippen LogP contribution >= 0.6 is 0 Å². The van der Waals surface area contributed by atoms with Crippen molar-refractivity contribution in [2.24, 2.45) is 5.73 Å². The van der Waals surface area contributed by atoms with Gasteiger partial charge in [0.25, 0.3) is 0 Å². The summed E-state index contributed by atoms with van der Waals surface area (Å²) in [5, 5.41) is 16.0. The average Bonchev–Trinajstić information content (AvgIpc) is 2.70. The molecule has 0 radical (unpaired) electrons. The van der Waals surface area contributed by atoms with Crippen molar-refractivity contribution >= 4 is 5.97 Å². The molecule has 2 rings (SSSR count). The van der Waals surface area contributed by atoms with Crippen molar-refractivity contribution in [1.82, 2.24) is 10.2 Å². The molecule has 15 heavy (non-hydrogen) atoms. The highest BCUT2D eigenvalue weighted by Crippen LogP contribution is 2.41. The molecule has 0 spiro atoms. The van der Waals surface area contributed by atoms with Gasteiger partial charge in [-0.1, -0.05) is 0 Å². The number of fused-ring (bicyclic) bond motifs is 1. The number of carboxylic acids is 1. The molecule has 82 valence electrons. The molecular formula is C10H15N3O2. The summed E-state index contributed by atoms with van der Waals surface area (Å²) in [6.45, 7) is 2.29. The van der Waals surface area contributed by atoms with Crippen molar-refractivity contribution < 1.29 is 9.90 Å². The third kappa shape index (κ3) is 1.43. The maximum atomic E-state index is 10.9. The zero-order valence-electron chi connectivity index (χ0n) is 8.71. The molecule has 0 aliphatic heterocycles. The number of nitrogens with zero attached hydrogens (tertiary/aromatic N) is 1. The van der Waals surface area contributed by atoms with Gasteiger partial charge in [0.05, 0.1) is 12.1 Å². The molecule has 5 nitrogen and oxygen atoms in total. The second-order valence-electron chi connectivity index (χ2n) is 4.23. The molecule has 0 bridgehead atoms. The third-order valence-electron chi connectivity index (χ3n) is 3.27. The topological polar surface area (TPSA) is 92.0 Å². The molecule has 0 fully saturated rings. The summed E-state index contributed by atoms with van der Waals surface area (Å²) in [6, 6.07) is 0. The predicted molar refractivity (Wildman–Crippen MR) is 54.6 cm³/mol. The van der Waals surface area contributed by atoms with Crippen LogP contribution in [0.1, 0.15) is 29.8 Å². The van der Waals surface area contributed by atoms with Crippen molar-refractivity contribution in [2.75, 3.05) is 6.54 Å². The number of H-pyrrole nitrogens is 1. The van der Waals surface area contributed by atoms with Gasteiger partial charge in [-0.15, -0.1) is 0 Å². The molecule has 1 atom stereocenters. The van der Waals surface area contributed by atoms with Crippen LogP contribution in [0.4, 0.5) is 0 Å². The van der Waals surface area contributed by atoms with Crippen LogP contribution in [-0.2, 0) is 16.6 Å². The van der Waals surface area contributed by atoms with Gasteiger partial charge in [-0.25, -0.2) is 0 Å². The van der Waals surface area contributed by atoms with E-state index in [2.05, 4.69) is 10.2 Å². The van der Waals surface area contributed by atoms with Gasteiger partial charge in [-0.2, -0.15) is 5.10 Å². The number of carbonyl (C=O) groups is 1. The van der Waals surface area contributed by atoms with Crippen LogP contribution in [0.2, 0.25) is 0 Å². The zero-order valence-corrected chi connectivity index (χ0v) is 8.71. The van der Waals surface area contributed by atoms with Crippen molar-refractivity contribution in [3.63, 3.8) is 0 Å². The van der Waals surface area contributed by atoms with E-state index < -0.39 is 11.4 Å². The Kier molecular flexibility index (Phi) is 2.26. The summed E-state index contributed by atoms with van der Waals surface area (Å²) in [7, 11) is 0. The molecular weight excluding hydrogens is 194 g/mol. The fourth-order valence-electron chi connectivity index (χ4n) is 2.59. The standard InChI is InChI=1S/C10H15N3O2/c1-6-9-7(13-12-6)2-3-10(9,5-11)4-8(14)15/h2-5,11H2,1H3,(H,12,13)(H,14,15). The van der Waals surface area contributed by atoms with Crippen LogP contribution in [0.3, 0.4) is 0 Å². The highest BCUT2D eigenvalue weighted by atomic mass is 16.4. The molecule has 0 saturated heterocycles. The number of aromatic amines is 1. The molecule has 4 N–H and O–H groups in total. The van der Waals surface area contributed by atoms with Crippen LogP contribution in [-0.4, -0.2) is 27.8 Å². The Bertz CT molecular complexity index is 399. The Morgan fingerprint density at radius 1 is 1.73 bits per heavy atom. The minimum Gasteiger partial charge on any atom is -0.481 e. The molecule has 1 aliphatic rings. The Labute approximate surface area is 87.7 Å². The third-order valence-corrected chi connectivity index (χ3v) is 3.27. The van der Waals surface area contributed by atoms with Crippen LogP contribution in [0, 0.1) is 6.92 Å². The smallest absolute Gasteiger partial charge is 0.304 e. The maximum absolute atomic E-state index is 10.9. The number of nitrogens with one attached hydrogen (secondary N) is 1. The molecule has 1 aromatic rings. The van der Waals surface area contributed by atoms with E-state index in [4.69, 9.17) is 10.8 Å². The van der Waals surface area contributed by atoms with Gasteiger partial charge in [0.2, 0.25) is 0 Å². The van der Waals surface area contributed by atoms with E-state index in [-0.39, 0.29) is 6.42 Å². The molecule has 1 aromatic heterocycles. The van der Waals surface area contributed by atoms with Gasteiger partial charge in [-0.05, 0) is 19.8 Å². The van der Waals surface area contributed by atoms with Crippen LogP contribution in [0.15, 0.2) is 0 Å². The minimum absolute atomic E-state index is 0.0941. The first-order chi connectivity index (χ1) is 7.09. The summed E-state index contributed by atoms with van der Waals surface area (Å²) in [5.41, 5.74) is 8.32. The number of rotatable bonds is 3. The molecule has 1 unspecified atom stereocenters. The largest absolute Gasteiger partial charge is 0.481 e. The average molecular weight is 209 g/mol. The lowest BCUT2D eigenvalue weighted by molar-refractivity contribution is -0.138. The number of hydrogen-bond acceptors (Lipinski definition) is 3. The van der Waals surface area contributed by atoms with Crippen molar-refractivity contribution in [1.29, 1.82) is 0 Å². The number of hydrogen-bond donors (Lipinski definition) is 3. The van der Waals surface area contributed by atoms with Gasteiger partial charge in [0.15, 0.2) is 0 Å². The second-order valence-corrected chi connectivity index (χ2v) is 4.23. The van der Waals surface area contributed by atoms with Gasteiger partial charge < -0.3 is 10.8 Å². The summed E-state index contributed by atoms with van der Waals surface area (Å²) in [5.74, 6) is -0.797. The fraction of sp³-hybridized carbons (Fsp3) is 0.600. The number of carboxylic acid groups (broad SMARTS) is 1. The first-order valence-electron chi connectivity index (χ1n) is 5.05. The Morgan fingerprint density at radius 3 is 3.07 bits per heavy atom. The van der Waals surface area contributed by atoms with Gasteiger partial charge in [-0.3, -0.25) is 9.89 Å². The summed E-state index contributed by atoms with van der Waals surface area (Å²) < 4.78 is 0. The summed E-state index contributed by atoms with van der Waals surface area (Å²) in [4.78, 5) is 10.9. The van der Waals surface area contributed by atoms with Gasteiger partial charge in [0.1, 0.15) is 0 Å². The van der Waals surface area contributed by atoms with Crippen molar-refractivity contribution in [3.05, 3.63) is 17.0 Å². The fourth-order valence-corrected chi connectivity index (χ4v) is 2.59. The SMILES string of the molecule is Cc1[nH]nc2c1C(CN)(CC(=O)O)CC2. The second kappa shape index (κ2) is 3.34. The first kappa shape index (κ1) is 10.2. The van der Waals surface area contributed by atoms with Gasteiger partial charge >= 0.3 is 5.97 Å². The van der Waals surface area contributed by atoms with E-state index in [1.165, 1.54) is 0 Å². The van der Waals surface area contributed by atoms with Crippen molar-refractivity contribution in [3.8, 4) is 0 Å². The quantitative estimate of drug-likeness (QED) is 0.669. The summed E-state index contributed by atoms with van der Waals surface area (Å²) >= 11 is 0. The lowest BCUT2D eigenvalue weighted by Crippen LogP contribution is -2.35. The first-order valence-corrected chi connectivity index (χ1v) is 5.05. The predicted octanol–water partition coefficient (Wildman–Crippen LogP) is 0.336.